The molecule has 0 N–H and O–H groups in total. The number of carbonyl (C=O) groups excluding carboxylic acids is 1. The number of fused-ring (bicyclic) bond motifs is 2. The summed E-state index contributed by atoms with van der Waals surface area (Å²) in [7, 11) is 0. The summed E-state index contributed by atoms with van der Waals surface area (Å²) in [6.07, 6.45) is 4.51. The SMILES string of the molecule is O=C1C[C@@H]2OCC=C3C[N+]4([O-])CC[C@@]56c7ccccc7N1[C@H]5[C@H]2[C@H]3C[C@@H]64. The first-order valence-corrected chi connectivity index (χ1v) is 9.93. The topological polar surface area (TPSA) is 52.6 Å². The largest absolute Gasteiger partial charge is 0.632 e. The number of ether oxygens (including phenoxy) is 1. The van der Waals surface area contributed by atoms with E-state index in [0.717, 1.165) is 18.5 Å². The Hall–Kier alpha value is -1.69. The van der Waals surface area contributed by atoms with E-state index in [1.54, 1.807) is 0 Å². The van der Waals surface area contributed by atoms with E-state index in [0.29, 0.717) is 38.0 Å². The molecule has 1 aromatic carbocycles. The zero-order chi connectivity index (χ0) is 17.3. The number of hydrogen-bond donors (Lipinski definition) is 0. The maximum absolute atomic E-state index is 13.9. The van der Waals surface area contributed by atoms with Crippen molar-refractivity contribution in [1.29, 1.82) is 0 Å². The number of carbonyl (C=O) groups is 1. The quantitative estimate of drug-likeness (QED) is 0.409. The third kappa shape index (κ3) is 1.33. The Morgan fingerprint density at radius 3 is 3.12 bits per heavy atom. The van der Waals surface area contributed by atoms with E-state index < -0.39 is 0 Å². The van der Waals surface area contributed by atoms with Gasteiger partial charge in [0.15, 0.2) is 0 Å². The van der Waals surface area contributed by atoms with Gasteiger partial charge in [-0.3, -0.25) is 4.79 Å². The molecule has 1 aromatic rings. The molecule has 134 valence electrons. The molecule has 2 bridgehead atoms. The van der Waals surface area contributed by atoms with Crippen LogP contribution >= 0.6 is 0 Å². The molecule has 0 radical (unpaired) electrons. The highest BCUT2D eigenvalue weighted by Crippen LogP contribution is 2.67. The summed E-state index contributed by atoms with van der Waals surface area (Å²) < 4.78 is 6.10. The van der Waals surface area contributed by atoms with Crippen LogP contribution in [0.2, 0.25) is 0 Å². The van der Waals surface area contributed by atoms with Gasteiger partial charge in [-0.1, -0.05) is 24.3 Å². The van der Waals surface area contributed by atoms with E-state index in [-0.39, 0.29) is 34.2 Å². The van der Waals surface area contributed by atoms with Crippen molar-refractivity contribution in [2.75, 3.05) is 24.6 Å². The normalized spacial score (nSPS) is 49.6. The molecule has 26 heavy (non-hydrogen) atoms. The summed E-state index contributed by atoms with van der Waals surface area (Å²) in [5.41, 5.74) is 3.46. The number of piperidine rings is 2. The fourth-order valence-corrected chi connectivity index (χ4v) is 7.77. The Bertz CT molecular complexity index is 897. The van der Waals surface area contributed by atoms with Crippen molar-refractivity contribution in [3.8, 4) is 0 Å². The second-order valence-electron chi connectivity index (χ2n) is 9.14. The van der Waals surface area contributed by atoms with Gasteiger partial charge in [0.05, 0.1) is 37.1 Å². The van der Waals surface area contributed by atoms with Crippen LogP contribution in [0, 0.1) is 17.0 Å². The predicted molar refractivity (Wildman–Crippen MR) is 95.2 cm³/mol. The molecule has 7 rings (SSSR count). The number of benzene rings is 1. The fourth-order valence-electron chi connectivity index (χ4n) is 7.77. The Kier molecular flexibility index (Phi) is 2.34. The third-order valence-corrected chi connectivity index (χ3v) is 8.50. The molecule has 7 atom stereocenters. The molecule has 1 aliphatic carbocycles. The van der Waals surface area contributed by atoms with Crippen LogP contribution in [0.1, 0.15) is 24.8 Å². The molecular weight excluding hydrogens is 328 g/mol. The molecule has 4 fully saturated rings. The Morgan fingerprint density at radius 2 is 2.19 bits per heavy atom. The average molecular weight is 350 g/mol. The van der Waals surface area contributed by atoms with E-state index in [2.05, 4.69) is 29.2 Å². The van der Waals surface area contributed by atoms with Crippen LogP contribution in [-0.4, -0.2) is 48.4 Å². The van der Waals surface area contributed by atoms with Gasteiger partial charge in [0.2, 0.25) is 5.91 Å². The van der Waals surface area contributed by atoms with Gasteiger partial charge in [-0.2, -0.15) is 0 Å². The number of nitrogens with zero attached hydrogens (tertiary/aromatic N) is 2. The summed E-state index contributed by atoms with van der Waals surface area (Å²) in [5.74, 6) is 0.922. The first-order valence-electron chi connectivity index (χ1n) is 9.93. The van der Waals surface area contributed by atoms with Crippen LogP contribution in [0.15, 0.2) is 35.9 Å². The first-order chi connectivity index (χ1) is 12.6. The highest BCUT2D eigenvalue weighted by atomic mass is 16.6. The lowest BCUT2D eigenvalue weighted by Gasteiger charge is -2.61. The molecule has 5 heteroatoms. The minimum Gasteiger partial charge on any atom is -0.632 e. The fraction of sp³-hybridized carbons (Fsp3) is 0.571. The lowest BCUT2D eigenvalue weighted by Crippen LogP contribution is -2.71. The second-order valence-corrected chi connectivity index (χ2v) is 9.14. The number of rotatable bonds is 0. The predicted octanol–water partition coefficient (Wildman–Crippen LogP) is 2.11. The van der Waals surface area contributed by atoms with Crippen LogP contribution in [0.25, 0.3) is 0 Å². The van der Waals surface area contributed by atoms with Gasteiger partial charge < -0.3 is 19.5 Å². The maximum atomic E-state index is 13.9. The number of amides is 1. The molecule has 0 aromatic heterocycles. The molecule has 1 amide bonds. The van der Waals surface area contributed by atoms with E-state index in [1.807, 2.05) is 6.07 Å². The summed E-state index contributed by atoms with van der Waals surface area (Å²) in [4.78, 5) is 15.3. The number of para-hydroxylation sites is 1. The van der Waals surface area contributed by atoms with Gasteiger partial charge in [0.1, 0.15) is 12.6 Å². The third-order valence-electron chi connectivity index (χ3n) is 8.50. The standard InChI is InChI=1S/C21H22N2O3/c24-18-10-16-19-13-9-17-21(6-7-23(17,25)11-12(13)5-8-26-16)14-3-1-2-4-15(14)22(18)20(19)21/h1-5,13,16-17,19-20H,6-11H2/t13-,16-,17-,19-,20-,21-,23?/m0/s1. The van der Waals surface area contributed by atoms with Crippen LogP contribution in [0.5, 0.6) is 0 Å². The van der Waals surface area contributed by atoms with Gasteiger partial charge in [-0.15, -0.1) is 0 Å². The van der Waals surface area contributed by atoms with E-state index in [1.165, 1.54) is 11.1 Å². The number of hydrogen-bond acceptors (Lipinski definition) is 3. The molecule has 5 aliphatic heterocycles. The van der Waals surface area contributed by atoms with Crippen LogP contribution in [0.3, 0.4) is 0 Å². The molecule has 1 unspecified atom stereocenters. The van der Waals surface area contributed by atoms with E-state index >= 15 is 0 Å². The molecule has 6 aliphatic rings. The van der Waals surface area contributed by atoms with Crippen molar-refractivity contribution >= 4 is 11.6 Å². The summed E-state index contributed by atoms with van der Waals surface area (Å²) in [5, 5.41) is 13.9. The van der Waals surface area contributed by atoms with Crippen LogP contribution < -0.4 is 4.90 Å². The maximum Gasteiger partial charge on any atom is 0.229 e. The van der Waals surface area contributed by atoms with Crippen molar-refractivity contribution in [3.05, 3.63) is 46.7 Å². The number of hydroxylamine groups is 3. The molecule has 5 nitrogen and oxygen atoms in total. The van der Waals surface area contributed by atoms with Crippen molar-refractivity contribution in [2.45, 2.75) is 42.9 Å². The monoisotopic (exact) mass is 350 g/mol. The summed E-state index contributed by atoms with van der Waals surface area (Å²) in [6, 6.07) is 8.58. The Balaban J connectivity index is 1.56. The Morgan fingerprint density at radius 1 is 1.31 bits per heavy atom. The van der Waals surface area contributed by atoms with Crippen LogP contribution in [-0.2, 0) is 14.9 Å². The lowest BCUT2D eigenvalue weighted by atomic mass is 9.53. The van der Waals surface area contributed by atoms with Gasteiger partial charge >= 0.3 is 0 Å². The Labute approximate surface area is 152 Å². The van der Waals surface area contributed by atoms with Gasteiger partial charge in [0, 0.05) is 24.4 Å². The smallest absolute Gasteiger partial charge is 0.229 e. The molecule has 1 spiro atoms. The van der Waals surface area contributed by atoms with E-state index in [9.17, 15) is 10.0 Å². The summed E-state index contributed by atoms with van der Waals surface area (Å²) in [6.45, 7) is 1.87. The zero-order valence-corrected chi connectivity index (χ0v) is 14.6. The molecule has 5 heterocycles. The lowest BCUT2D eigenvalue weighted by molar-refractivity contribution is -0.896. The van der Waals surface area contributed by atoms with Gasteiger partial charge in [-0.25, -0.2) is 0 Å². The second kappa shape index (κ2) is 4.24. The van der Waals surface area contributed by atoms with Crippen molar-refractivity contribution < 1.29 is 14.2 Å². The van der Waals surface area contributed by atoms with E-state index in [4.69, 9.17) is 4.74 Å². The zero-order valence-electron chi connectivity index (χ0n) is 14.6. The first kappa shape index (κ1) is 14.4. The molecular formula is C21H22N2O3. The molecule has 1 saturated carbocycles. The van der Waals surface area contributed by atoms with Gasteiger partial charge in [0.25, 0.3) is 0 Å². The minimum absolute atomic E-state index is 0.00175. The average Bonchev–Trinajstić information content (AvgIpc) is 3.05. The highest BCUT2D eigenvalue weighted by molar-refractivity contribution is 5.99. The number of quaternary nitrogens is 1. The van der Waals surface area contributed by atoms with Gasteiger partial charge in [-0.05, 0) is 23.1 Å². The minimum atomic E-state index is -0.174. The number of anilines is 1. The summed E-state index contributed by atoms with van der Waals surface area (Å²) >= 11 is 0. The molecule has 3 saturated heterocycles. The van der Waals surface area contributed by atoms with Crippen LogP contribution in [0.4, 0.5) is 5.69 Å². The van der Waals surface area contributed by atoms with Crippen molar-refractivity contribution in [1.82, 2.24) is 0 Å². The van der Waals surface area contributed by atoms with Crippen molar-refractivity contribution in [2.24, 2.45) is 11.8 Å². The van der Waals surface area contributed by atoms with Crippen molar-refractivity contribution in [3.63, 3.8) is 0 Å². The highest BCUT2D eigenvalue weighted by Gasteiger charge is 2.74.